The molecule has 0 saturated carbocycles. The van der Waals surface area contributed by atoms with E-state index in [1.54, 1.807) is 30.3 Å². The second-order valence-corrected chi connectivity index (χ2v) is 6.96. The number of nitrogens with one attached hydrogen (secondary N) is 2. The first-order valence-electron chi connectivity index (χ1n) is 9.20. The molecule has 1 heterocycles. The molecule has 1 aliphatic rings. The first-order valence-corrected chi connectivity index (χ1v) is 9.20. The van der Waals surface area contributed by atoms with Crippen LogP contribution in [0.3, 0.4) is 0 Å². The molecule has 1 saturated heterocycles. The van der Waals surface area contributed by atoms with E-state index in [-0.39, 0.29) is 29.6 Å². The number of methoxy groups -OCH3 is 1. The van der Waals surface area contributed by atoms with Crippen LogP contribution < -0.4 is 45.3 Å². The van der Waals surface area contributed by atoms with Crippen molar-refractivity contribution in [3.05, 3.63) is 35.9 Å². The third-order valence-electron chi connectivity index (χ3n) is 4.82. The standard InChI is InChI=1S/C19H26N2O9.Na/c1-10(22)21-14-12(23)8-19(29-2,18(27)28)30-16(14)15(25)13(24)9-20-17(26)11-6-4-3-5-7-11;/h3-7,12-16,23-25H,8-9H2,1-2H3,(H,20,26)(H,21,22)(H,27,28);/q;+1/p-1/t12-,13+,14+,15-,16+,19+;/m0./s1. The van der Waals surface area contributed by atoms with Crippen molar-refractivity contribution in [1.82, 2.24) is 10.6 Å². The molecule has 0 bridgehead atoms. The van der Waals surface area contributed by atoms with E-state index in [1.807, 2.05) is 0 Å². The van der Waals surface area contributed by atoms with Gasteiger partial charge in [0, 0.05) is 32.6 Å². The molecule has 5 N–H and O–H groups in total. The molecule has 0 aliphatic carbocycles. The normalized spacial score (nSPS) is 27.3. The predicted molar refractivity (Wildman–Crippen MR) is 98.6 cm³/mol. The van der Waals surface area contributed by atoms with Crippen LogP contribution in [-0.4, -0.2) is 83.0 Å². The molecule has 0 unspecified atom stereocenters. The Morgan fingerprint density at radius 1 is 1.29 bits per heavy atom. The Labute approximate surface area is 201 Å². The molecule has 166 valence electrons. The number of carboxylic acid groups (broad SMARTS) is 1. The van der Waals surface area contributed by atoms with Crippen molar-refractivity contribution in [2.45, 2.75) is 49.6 Å². The van der Waals surface area contributed by atoms with Gasteiger partial charge in [-0.2, -0.15) is 0 Å². The van der Waals surface area contributed by atoms with Crippen LogP contribution in [0.25, 0.3) is 0 Å². The number of ether oxygens (including phenoxy) is 2. The predicted octanol–water partition coefficient (Wildman–Crippen LogP) is -6.11. The number of benzene rings is 1. The van der Waals surface area contributed by atoms with Gasteiger partial charge in [0.15, 0.2) is 0 Å². The van der Waals surface area contributed by atoms with E-state index in [2.05, 4.69) is 10.6 Å². The van der Waals surface area contributed by atoms with Crippen molar-refractivity contribution >= 4 is 17.8 Å². The van der Waals surface area contributed by atoms with Gasteiger partial charge in [-0.1, -0.05) is 18.2 Å². The second kappa shape index (κ2) is 11.9. The molecule has 11 nitrogen and oxygen atoms in total. The number of carbonyl (C=O) groups excluding carboxylic acids is 3. The first kappa shape index (κ1) is 27.5. The average Bonchev–Trinajstić information content (AvgIpc) is 2.72. The fraction of sp³-hybridized carbons (Fsp3) is 0.526. The van der Waals surface area contributed by atoms with Crippen LogP contribution in [0.4, 0.5) is 0 Å². The third-order valence-corrected chi connectivity index (χ3v) is 4.82. The van der Waals surface area contributed by atoms with Crippen LogP contribution >= 0.6 is 0 Å². The molecule has 0 radical (unpaired) electrons. The van der Waals surface area contributed by atoms with E-state index in [9.17, 15) is 34.8 Å². The van der Waals surface area contributed by atoms with Crippen molar-refractivity contribution in [2.75, 3.05) is 13.7 Å². The van der Waals surface area contributed by atoms with Gasteiger partial charge in [-0.3, -0.25) is 9.59 Å². The van der Waals surface area contributed by atoms with E-state index in [1.165, 1.54) is 0 Å². The molecule has 1 aromatic carbocycles. The van der Waals surface area contributed by atoms with Crippen LogP contribution in [-0.2, 0) is 19.1 Å². The van der Waals surface area contributed by atoms with Gasteiger partial charge in [0.2, 0.25) is 11.7 Å². The zero-order valence-electron chi connectivity index (χ0n) is 17.5. The summed E-state index contributed by atoms with van der Waals surface area (Å²) in [4.78, 5) is 35.1. The van der Waals surface area contributed by atoms with Gasteiger partial charge >= 0.3 is 29.6 Å². The summed E-state index contributed by atoms with van der Waals surface area (Å²) in [7, 11) is 1.02. The summed E-state index contributed by atoms with van der Waals surface area (Å²) in [6.07, 6.45) is -7.09. The maximum absolute atomic E-state index is 12.1. The number of amides is 2. The molecule has 2 rings (SSSR count). The number of rotatable bonds is 8. The topological polar surface area (TPSA) is 177 Å². The van der Waals surface area contributed by atoms with Gasteiger partial charge in [-0.25, -0.2) is 0 Å². The molecule has 0 aromatic heterocycles. The van der Waals surface area contributed by atoms with E-state index < -0.39 is 67.0 Å². The Bertz CT molecular complexity index is 766. The van der Waals surface area contributed by atoms with Gasteiger partial charge in [-0.05, 0) is 12.1 Å². The fourth-order valence-corrected chi connectivity index (χ4v) is 3.23. The van der Waals surface area contributed by atoms with Crippen LogP contribution in [0.2, 0.25) is 0 Å². The van der Waals surface area contributed by atoms with E-state index in [0.29, 0.717) is 5.56 Å². The first-order chi connectivity index (χ1) is 14.1. The number of carbonyl (C=O) groups is 3. The molecule has 31 heavy (non-hydrogen) atoms. The number of aliphatic hydroxyl groups excluding tert-OH is 3. The summed E-state index contributed by atoms with van der Waals surface area (Å²) >= 11 is 0. The summed E-state index contributed by atoms with van der Waals surface area (Å²) in [6.45, 7) is 0.743. The minimum atomic E-state index is -2.40. The maximum atomic E-state index is 12.1. The molecule has 12 heteroatoms. The molecule has 2 amide bonds. The average molecular weight is 448 g/mol. The maximum Gasteiger partial charge on any atom is 1.00 e. The molecule has 0 spiro atoms. The second-order valence-electron chi connectivity index (χ2n) is 6.96. The molecule has 6 atom stereocenters. The van der Waals surface area contributed by atoms with Gasteiger partial charge in [-0.15, -0.1) is 0 Å². The zero-order valence-corrected chi connectivity index (χ0v) is 19.5. The Kier molecular flexibility index (Phi) is 10.5. The fourth-order valence-electron chi connectivity index (χ4n) is 3.23. The van der Waals surface area contributed by atoms with Gasteiger partial charge < -0.3 is 45.3 Å². The summed E-state index contributed by atoms with van der Waals surface area (Å²) in [6, 6.07) is 6.89. The monoisotopic (exact) mass is 448 g/mol. The van der Waals surface area contributed by atoms with Crippen molar-refractivity contribution < 1.29 is 73.8 Å². The minimum Gasteiger partial charge on any atom is -0.544 e. The van der Waals surface area contributed by atoms with Gasteiger partial charge in [0.25, 0.3) is 5.91 Å². The Morgan fingerprint density at radius 3 is 2.42 bits per heavy atom. The molecule has 1 aromatic rings. The Morgan fingerprint density at radius 2 is 1.90 bits per heavy atom. The Balaban J connectivity index is 0.00000480. The van der Waals surface area contributed by atoms with Crippen molar-refractivity contribution in [3.8, 4) is 0 Å². The number of hydrogen-bond acceptors (Lipinski definition) is 9. The number of carboxylic acids is 1. The van der Waals surface area contributed by atoms with Crippen molar-refractivity contribution in [2.24, 2.45) is 0 Å². The number of hydrogen-bond donors (Lipinski definition) is 5. The van der Waals surface area contributed by atoms with Crippen molar-refractivity contribution in [1.29, 1.82) is 0 Å². The molecule has 1 aliphatic heterocycles. The smallest absolute Gasteiger partial charge is 0.544 e. The summed E-state index contributed by atoms with van der Waals surface area (Å²) < 4.78 is 10.2. The van der Waals surface area contributed by atoms with Gasteiger partial charge in [0.1, 0.15) is 18.2 Å². The molecular weight excluding hydrogens is 423 g/mol. The quantitative estimate of drug-likeness (QED) is 0.242. The van der Waals surface area contributed by atoms with Crippen LogP contribution in [0.5, 0.6) is 0 Å². The molecule has 1 fully saturated rings. The minimum absolute atomic E-state index is 0. The SMILES string of the molecule is CO[C@]1(C(=O)[O-])C[C@H](O)[C@@H](NC(C)=O)[C@H]([C@@H](O)[C@H](O)CNC(=O)c2ccccc2)O1.[Na+]. The zero-order chi connectivity index (χ0) is 22.5. The summed E-state index contributed by atoms with van der Waals surface area (Å²) in [5.41, 5.74) is 0.329. The Hall–Kier alpha value is -1.57. The van der Waals surface area contributed by atoms with E-state index >= 15 is 0 Å². The summed E-state index contributed by atoms with van der Waals surface area (Å²) in [5.74, 6) is -5.28. The van der Waals surface area contributed by atoms with Crippen LogP contribution in [0.1, 0.15) is 23.7 Å². The van der Waals surface area contributed by atoms with E-state index in [0.717, 1.165) is 14.0 Å². The van der Waals surface area contributed by atoms with E-state index in [4.69, 9.17) is 9.47 Å². The third kappa shape index (κ3) is 6.70. The van der Waals surface area contributed by atoms with Crippen LogP contribution in [0.15, 0.2) is 30.3 Å². The van der Waals surface area contributed by atoms with Crippen LogP contribution in [0, 0.1) is 0 Å². The number of aliphatic hydroxyl groups is 3. The largest absolute Gasteiger partial charge is 1.00 e. The van der Waals surface area contributed by atoms with Crippen molar-refractivity contribution in [3.63, 3.8) is 0 Å². The summed E-state index contributed by atoms with van der Waals surface area (Å²) in [5, 5.41) is 47.6. The molecular formula is C19H25N2NaO9. The van der Waals surface area contributed by atoms with Gasteiger partial charge in [0.05, 0.1) is 18.2 Å². The number of aliphatic carboxylic acids is 1.